The minimum atomic E-state index is -0.136. The predicted molar refractivity (Wildman–Crippen MR) is 157 cm³/mol. The Morgan fingerprint density at radius 2 is 1.45 bits per heavy atom. The molecule has 0 spiro atoms. The molecule has 2 aliphatic carbocycles. The van der Waals surface area contributed by atoms with Crippen molar-refractivity contribution in [2.75, 3.05) is 5.32 Å². The summed E-state index contributed by atoms with van der Waals surface area (Å²) in [6, 6.07) is 17.3. The summed E-state index contributed by atoms with van der Waals surface area (Å²) in [6.45, 7) is 8.62. The van der Waals surface area contributed by atoms with Gasteiger partial charge in [0.2, 0.25) is 0 Å². The van der Waals surface area contributed by atoms with E-state index in [1.165, 1.54) is 16.7 Å². The summed E-state index contributed by atoms with van der Waals surface area (Å²) >= 11 is 0. The summed E-state index contributed by atoms with van der Waals surface area (Å²) in [6.07, 6.45) is 8.03. The van der Waals surface area contributed by atoms with Crippen molar-refractivity contribution in [3.05, 3.63) is 99.6 Å². The molecule has 3 aromatic carbocycles. The second-order valence-corrected chi connectivity index (χ2v) is 10.1. The van der Waals surface area contributed by atoms with Gasteiger partial charge in [0.15, 0.2) is 11.6 Å². The van der Waals surface area contributed by atoms with Gasteiger partial charge in [-0.25, -0.2) is 0 Å². The third-order valence-corrected chi connectivity index (χ3v) is 8.05. The van der Waals surface area contributed by atoms with Gasteiger partial charge in [-0.05, 0) is 67.4 Å². The Balaban J connectivity index is 1.74. The lowest BCUT2D eigenvalue weighted by Crippen LogP contribution is -2.23. The molecule has 0 saturated carbocycles. The molecule has 0 aliphatic heterocycles. The standard InChI is InChI=1S/C34H36N2O2/c1-5-21-13-11-14-22(6-2)31(21)35-27-19-20-28(36-32-23(7-3)15-12-16-24(32)8-4)30-29(27)33(37)25-17-9-10-18-26(25)34(30)38/h9-11,13-15,17-20,24,35H,5-8,12,16H2,1-4H3. The number of hydrogen-bond donors (Lipinski definition) is 1. The van der Waals surface area contributed by atoms with Crippen LogP contribution in [0, 0.1) is 5.92 Å². The number of allylic oxidation sites excluding steroid dienone is 2. The van der Waals surface area contributed by atoms with Gasteiger partial charge in [-0.2, -0.15) is 0 Å². The minimum absolute atomic E-state index is 0.131. The lowest BCUT2D eigenvalue weighted by molar-refractivity contribution is 0.0980. The van der Waals surface area contributed by atoms with E-state index in [-0.39, 0.29) is 11.6 Å². The Kier molecular flexibility index (Phi) is 7.42. The van der Waals surface area contributed by atoms with Gasteiger partial charge in [0.1, 0.15) is 0 Å². The second-order valence-electron chi connectivity index (χ2n) is 10.1. The summed E-state index contributed by atoms with van der Waals surface area (Å²) in [5.41, 5.74) is 8.69. The topological polar surface area (TPSA) is 58.5 Å². The molecule has 0 heterocycles. The van der Waals surface area contributed by atoms with Crippen LogP contribution in [0.5, 0.6) is 0 Å². The molecule has 0 saturated heterocycles. The molecule has 4 nitrogen and oxygen atoms in total. The molecular formula is C34H36N2O2. The number of benzene rings is 3. The van der Waals surface area contributed by atoms with Crippen molar-refractivity contribution >= 4 is 34.3 Å². The summed E-state index contributed by atoms with van der Waals surface area (Å²) in [5.74, 6) is 0.0888. The number of aliphatic imine (C=N–C) groups is 1. The fourth-order valence-electron chi connectivity index (χ4n) is 5.92. The molecule has 4 heteroatoms. The van der Waals surface area contributed by atoms with Crippen molar-refractivity contribution in [3.63, 3.8) is 0 Å². The largest absolute Gasteiger partial charge is 0.354 e. The molecule has 1 atom stereocenters. The van der Waals surface area contributed by atoms with Crippen LogP contribution in [0.2, 0.25) is 0 Å². The fraction of sp³-hybridized carbons (Fsp3) is 0.324. The van der Waals surface area contributed by atoms with Crippen molar-refractivity contribution in [2.24, 2.45) is 10.9 Å². The van der Waals surface area contributed by atoms with E-state index in [2.05, 4.69) is 57.3 Å². The number of ketones is 2. The molecule has 1 N–H and O–H groups in total. The first-order valence-electron chi connectivity index (χ1n) is 14.0. The van der Waals surface area contributed by atoms with Gasteiger partial charge >= 0.3 is 0 Å². The molecule has 0 fully saturated rings. The Bertz CT molecular complexity index is 1460. The van der Waals surface area contributed by atoms with Gasteiger partial charge in [-0.1, -0.05) is 76.2 Å². The van der Waals surface area contributed by atoms with Crippen LogP contribution in [0.3, 0.4) is 0 Å². The monoisotopic (exact) mass is 504 g/mol. The Labute approximate surface area is 225 Å². The fourth-order valence-corrected chi connectivity index (χ4v) is 5.92. The van der Waals surface area contributed by atoms with Gasteiger partial charge in [0, 0.05) is 28.4 Å². The summed E-state index contributed by atoms with van der Waals surface area (Å²) in [7, 11) is 0. The smallest absolute Gasteiger partial charge is 0.196 e. The zero-order valence-corrected chi connectivity index (χ0v) is 22.9. The average molecular weight is 505 g/mol. The Morgan fingerprint density at radius 1 is 0.789 bits per heavy atom. The van der Waals surface area contributed by atoms with Crippen LogP contribution >= 0.6 is 0 Å². The van der Waals surface area contributed by atoms with Crippen LogP contribution < -0.4 is 5.32 Å². The quantitative estimate of drug-likeness (QED) is 0.274. The first-order valence-corrected chi connectivity index (χ1v) is 14.0. The summed E-state index contributed by atoms with van der Waals surface area (Å²) in [5, 5.41) is 3.59. The molecule has 5 rings (SSSR count). The summed E-state index contributed by atoms with van der Waals surface area (Å²) < 4.78 is 0. The maximum atomic E-state index is 14.0. The number of rotatable bonds is 7. The van der Waals surface area contributed by atoms with Crippen LogP contribution in [0.1, 0.15) is 96.3 Å². The van der Waals surface area contributed by atoms with Gasteiger partial charge in [0.05, 0.1) is 22.5 Å². The zero-order valence-electron chi connectivity index (χ0n) is 22.9. The molecule has 0 aromatic heterocycles. The molecule has 3 aromatic rings. The average Bonchev–Trinajstić information content (AvgIpc) is 2.96. The highest BCUT2D eigenvalue weighted by Crippen LogP contribution is 2.41. The number of carbonyl (C=O) groups excluding carboxylic acids is 2. The van der Waals surface area contributed by atoms with Crippen LogP contribution in [0.4, 0.5) is 17.1 Å². The number of nitrogens with zero attached hydrogens (tertiary/aromatic N) is 1. The van der Waals surface area contributed by atoms with Crippen molar-refractivity contribution in [3.8, 4) is 0 Å². The molecular weight excluding hydrogens is 468 g/mol. The van der Waals surface area contributed by atoms with Gasteiger partial charge in [0.25, 0.3) is 0 Å². The van der Waals surface area contributed by atoms with E-state index in [0.717, 1.165) is 49.9 Å². The van der Waals surface area contributed by atoms with E-state index in [1.54, 1.807) is 12.1 Å². The van der Waals surface area contributed by atoms with Crippen molar-refractivity contribution in [1.29, 1.82) is 0 Å². The highest BCUT2D eigenvalue weighted by Gasteiger charge is 2.34. The first-order chi connectivity index (χ1) is 18.5. The number of anilines is 2. The molecule has 0 bridgehead atoms. The number of nitrogens with one attached hydrogen (secondary N) is 1. The van der Waals surface area contributed by atoms with E-state index < -0.39 is 0 Å². The number of carbonyl (C=O) groups is 2. The van der Waals surface area contributed by atoms with Crippen LogP contribution in [0.15, 0.2) is 71.2 Å². The number of hydrogen-bond acceptors (Lipinski definition) is 4. The highest BCUT2D eigenvalue weighted by atomic mass is 16.1. The molecule has 2 aliphatic rings. The Morgan fingerprint density at radius 3 is 2.05 bits per heavy atom. The number of fused-ring (bicyclic) bond motifs is 2. The van der Waals surface area contributed by atoms with E-state index in [9.17, 15) is 9.59 Å². The molecule has 194 valence electrons. The zero-order chi connectivity index (χ0) is 26.8. The summed E-state index contributed by atoms with van der Waals surface area (Å²) in [4.78, 5) is 33.2. The van der Waals surface area contributed by atoms with Crippen molar-refractivity contribution in [1.82, 2.24) is 0 Å². The van der Waals surface area contributed by atoms with E-state index >= 15 is 0 Å². The Hall–Kier alpha value is -3.79. The first kappa shape index (κ1) is 25.8. The maximum absolute atomic E-state index is 14.0. The van der Waals surface area contributed by atoms with Crippen LogP contribution in [0.25, 0.3) is 0 Å². The van der Waals surface area contributed by atoms with E-state index in [4.69, 9.17) is 4.99 Å². The third kappa shape index (κ3) is 4.42. The van der Waals surface area contributed by atoms with Crippen molar-refractivity contribution in [2.45, 2.75) is 66.2 Å². The number of aryl methyl sites for hydroxylation is 2. The molecule has 0 radical (unpaired) electrons. The lowest BCUT2D eigenvalue weighted by Gasteiger charge is -2.26. The predicted octanol–water partition coefficient (Wildman–Crippen LogP) is 8.56. The molecule has 38 heavy (non-hydrogen) atoms. The minimum Gasteiger partial charge on any atom is -0.354 e. The van der Waals surface area contributed by atoms with E-state index in [1.807, 2.05) is 24.3 Å². The molecule has 1 unspecified atom stereocenters. The van der Waals surface area contributed by atoms with Crippen molar-refractivity contribution < 1.29 is 9.59 Å². The maximum Gasteiger partial charge on any atom is 0.196 e. The van der Waals surface area contributed by atoms with Gasteiger partial charge in [-0.15, -0.1) is 0 Å². The SMILES string of the molecule is CCC1=CCCC(CC)C1=Nc1ccc(Nc2c(CC)cccc2CC)c2c1C(=O)c1ccccc1C2=O. The van der Waals surface area contributed by atoms with Crippen LogP contribution in [-0.4, -0.2) is 17.3 Å². The normalized spacial score (nSPS) is 17.7. The highest BCUT2D eigenvalue weighted by molar-refractivity contribution is 6.32. The lowest BCUT2D eigenvalue weighted by atomic mass is 9.81. The third-order valence-electron chi connectivity index (χ3n) is 8.05. The van der Waals surface area contributed by atoms with E-state index in [0.29, 0.717) is 39.5 Å². The number of para-hydroxylation sites is 1. The van der Waals surface area contributed by atoms with Gasteiger partial charge < -0.3 is 5.32 Å². The second kappa shape index (κ2) is 10.9. The molecule has 0 amide bonds. The van der Waals surface area contributed by atoms with Crippen LogP contribution in [-0.2, 0) is 12.8 Å². The van der Waals surface area contributed by atoms with Gasteiger partial charge in [-0.3, -0.25) is 14.6 Å².